The molecule has 0 radical (unpaired) electrons. The van der Waals surface area contributed by atoms with Gasteiger partial charge >= 0.3 is 5.97 Å². The molecule has 2 heterocycles. The number of rotatable bonds is 4. The van der Waals surface area contributed by atoms with Crippen LogP contribution in [0.15, 0.2) is 32.5 Å². The first kappa shape index (κ1) is 13.8. The van der Waals surface area contributed by atoms with Crippen molar-refractivity contribution >= 4 is 39.1 Å². The summed E-state index contributed by atoms with van der Waals surface area (Å²) in [6.45, 7) is 0.443. The van der Waals surface area contributed by atoms with Crippen LogP contribution in [-0.4, -0.2) is 28.9 Å². The molecule has 0 aromatic carbocycles. The van der Waals surface area contributed by atoms with Gasteiger partial charge in [0.05, 0.1) is 6.54 Å². The Morgan fingerprint density at radius 1 is 1.42 bits per heavy atom. The van der Waals surface area contributed by atoms with E-state index in [1.165, 1.54) is 28.4 Å². The Hall–Kier alpha value is -1.60. The van der Waals surface area contributed by atoms with Crippen molar-refractivity contribution in [1.29, 1.82) is 0 Å². The molecule has 0 saturated heterocycles. The van der Waals surface area contributed by atoms with E-state index in [0.717, 1.165) is 9.35 Å². The largest absolute Gasteiger partial charge is 0.475 e. The molecule has 1 N–H and O–H groups in total. The third kappa shape index (κ3) is 3.24. The van der Waals surface area contributed by atoms with Crippen LogP contribution in [0.4, 0.5) is 0 Å². The van der Waals surface area contributed by atoms with Crippen LogP contribution in [0.5, 0.6) is 0 Å². The summed E-state index contributed by atoms with van der Waals surface area (Å²) in [5.41, 5.74) is 0. The van der Waals surface area contributed by atoms with E-state index in [1.807, 2.05) is 11.4 Å². The van der Waals surface area contributed by atoms with Crippen molar-refractivity contribution in [2.75, 3.05) is 7.05 Å². The van der Waals surface area contributed by atoms with E-state index >= 15 is 0 Å². The molecule has 19 heavy (non-hydrogen) atoms. The number of furan rings is 1. The van der Waals surface area contributed by atoms with Crippen LogP contribution in [0.25, 0.3) is 0 Å². The van der Waals surface area contributed by atoms with Crippen LogP contribution in [0.2, 0.25) is 0 Å². The third-order valence-corrected chi connectivity index (χ3v) is 4.07. The monoisotopic (exact) mass is 343 g/mol. The van der Waals surface area contributed by atoms with E-state index in [0.29, 0.717) is 6.54 Å². The van der Waals surface area contributed by atoms with Crippen LogP contribution >= 0.6 is 27.3 Å². The fourth-order valence-corrected chi connectivity index (χ4v) is 3.00. The highest BCUT2D eigenvalue weighted by atomic mass is 79.9. The van der Waals surface area contributed by atoms with E-state index in [2.05, 4.69) is 15.9 Å². The Morgan fingerprint density at radius 3 is 2.63 bits per heavy atom. The van der Waals surface area contributed by atoms with Crippen molar-refractivity contribution in [3.8, 4) is 0 Å². The number of hydrogen-bond donors (Lipinski definition) is 1. The van der Waals surface area contributed by atoms with Gasteiger partial charge in [-0.1, -0.05) is 0 Å². The lowest BCUT2D eigenvalue weighted by atomic mass is 10.3. The Kier molecular flexibility index (Phi) is 4.06. The highest BCUT2D eigenvalue weighted by molar-refractivity contribution is 9.10. The number of thiophene rings is 1. The zero-order valence-electron chi connectivity index (χ0n) is 9.92. The number of halogens is 1. The van der Waals surface area contributed by atoms with Crippen LogP contribution in [0.1, 0.15) is 26.0 Å². The maximum Gasteiger partial charge on any atom is 0.371 e. The maximum atomic E-state index is 12.0. The fourth-order valence-electron chi connectivity index (χ4n) is 1.50. The van der Waals surface area contributed by atoms with Crippen molar-refractivity contribution < 1.29 is 19.1 Å². The van der Waals surface area contributed by atoms with Gasteiger partial charge in [-0.3, -0.25) is 4.79 Å². The summed E-state index contributed by atoms with van der Waals surface area (Å²) in [4.78, 5) is 25.2. The number of carboxylic acid groups (broad SMARTS) is 1. The molecule has 0 aliphatic heterocycles. The molecule has 2 aromatic heterocycles. The number of amides is 1. The summed E-state index contributed by atoms with van der Waals surface area (Å²) in [6.07, 6.45) is 0. The quantitative estimate of drug-likeness (QED) is 0.925. The summed E-state index contributed by atoms with van der Waals surface area (Å²) < 4.78 is 5.95. The van der Waals surface area contributed by atoms with Gasteiger partial charge < -0.3 is 14.4 Å². The molecule has 0 aliphatic rings. The predicted molar refractivity (Wildman–Crippen MR) is 73.5 cm³/mol. The topological polar surface area (TPSA) is 70.8 Å². The zero-order valence-corrected chi connectivity index (χ0v) is 12.3. The smallest absolute Gasteiger partial charge is 0.371 e. The highest BCUT2D eigenvalue weighted by Crippen LogP contribution is 2.21. The second kappa shape index (κ2) is 5.58. The third-order valence-electron chi connectivity index (χ3n) is 2.39. The molecular formula is C12H10BrNO4S. The van der Waals surface area contributed by atoms with E-state index < -0.39 is 5.97 Å². The minimum atomic E-state index is -1.19. The maximum absolute atomic E-state index is 12.0. The van der Waals surface area contributed by atoms with Crippen molar-refractivity contribution in [3.05, 3.63) is 44.4 Å². The van der Waals surface area contributed by atoms with Gasteiger partial charge in [0.2, 0.25) is 5.76 Å². The number of carboxylic acids is 1. The van der Waals surface area contributed by atoms with Crippen LogP contribution < -0.4 is 0 Å². The Morgan fingerprint density at radius 2 is 2.11 bits per heavy atom. The molecular weight excluding hydrogens is 334 g/mol. The van der Waals surface area contributed by atoms with Gasteiger partial charge in [-0.15, -0.1) is 11.3 Å². The normalized spacial score (nSPS) is 10.4. The lowest BCUT2D eigenvalue weighted by Crippen LogP contribution is -2.25. The van der Waals surface area contributed by atoms with Crippen LogP contribution in [0.3, 0.4) is 0 Å². The number of aromatic carboxylic acids is 1. The standard InChI is InChI=1S/C12H10BrNO4S/c1-14(5-8-4-7(13)6-19-8)11(15)9-2-3-10(18-9)12(16)17/h2-4,6H,5H2,1H3,(H,16,17). The van der Waals surface area contributed by atoms with Gasteiger partial charge in [-0.05, 0) is 34.1 Å². The number of carbonyl (C=O) groups is 2. The molecule has 0 unspecified atom stereocenters. The Labute approximate surface area is 121 Å². The lowest BCUT2D eigenvalue weighted by molar-refractivity contribution is 0.0653. The molecule has 1 amide bonds. The first-order chi connectivity index (χ1) is 8.97. The van der Waals surface area contributed by atoms with E-state index in [4.69, 9.17) is 9.52 Å². The van der Waals surface area contributed by atoms with Gasteiger partial charge in [0, 0.05) is 21.8 Å². The highest BCUT2D eigenvalue weighted by Gasteiger charge is 2.18. The molecule has 0 atom stereocenters. The van der Waals surface area contributed by atoms with E-state index in [-0.39, 0.29) is 17.4 Å². The van der Waals surface area contributed by atoms with Gasteiger partial charge in [0.1, 0.15) is 0 Å². The van der Waals surface area contributed by atoms with Crippen molar-refractivity contribution in [3.63, 3.8) is 0 Å². The first-order valence-electron chi connectivity index (χ1n) is 5.29. The molecule has 5 nitrogen and oxygen atoms in total. The van der Waals surface area contributed by atoms with Gasteiger partial charge in [-0.2, -0.15) is 0 Å². The first-order valence-corrected chi connectivity index (χ1v) is 6.96. The molecule has 0 fully saturated rings. The Balaban J connectivity index is 2.07. The predicted octanol–water partition coefficient (Wildman–Crippen LogP) is 3.07. The SMILES string of the molecule is CN(Cc1cc(Br)cs1)C(=O)c1ccc(C(=O)O)o1. The van der Waals surface area contributed by atoms with Crippen molar-refractivity contribution in [1.82, 2.24) is 4.90 Å². The number of hydrogen-bond acceptors (Lipinski definition) is 4. The second-order valence-corrected chi connectivity index (χ2v) is 5.77. The number of nitrogens with zero attached hydrogens (tertiary/aromatic N) is 1. The summed E-state index contributed by atoms with van der Waals surface area (Å²) in [7, 11) is 1.64. The summed E-state index contributed by atoms with van der Waals surface area (Å²) in [6, 6.07) is 4.57. The lowest BCUT2D eigenvalue weighted by Gasteiger charge is -2.14. The fraction of sp³-hybridized carbons (Fsp3) is 0.167. The van der Waals surface area contributed by atoms with Crippen LogP contribution in [0, 0.1) is 0 Å². The van der Waals surface area contributed by atoms with E-state index in [9.17, 15) is 9.59 Å². The van der Waals surface area contributed by atoms with Gasteiger partial charge in [-0.25, -0.2) is 4.79 Å². The molecule has 7 heteroatoms. The van der Waals surface area contributed by atoms with Gasteiger partial charge in [0.25, 0.3) is 5.91 Å². The molecule has 0 aliphatic carbocycles. The summed E-state index contributed by atoms with van der Waals surface area (Å²) in [5, 5.41) is 10.7. The molecule has 2 rings (SSSR count). The minimum Gasteiger partial charge on any atom is -0.475 e. The molecule has 0 saturated carbocycles. The average Bonchev–Trinajstić information content (AvgIpc) is 2.97. The summed E-state index contributed by atoms with van der Waals surface area (Å²) >= 11 is 4.88. The van der Waals surface area contributed by atoms with Crippen molar-refractivity contribution in [2.45, 2.75) is 6.54 Å². The second-order valence-electron chi connectivity index (χ2n) is 3.86. The van der Waals surface area contributed by atoms with Crippen LogP contribution in [-0.2, 0) is 6.54 Å². The van der Waals surface area contributed by atoms with E-state index in [1.54, 1.807) is 7.05 Å². The zero-order chi connectivity index (χ0) is 14.0. The molecule has 0 spiro atoms. The Bertz CT molecular complexity index is 619. The molecule has 0 bridgehead atoms. The molecule has 2 aromatic rings. The minimum absolute atomic E-state index is 0.0236. The number of carbonyl (C=O) groups excluding carboxylic acids is 1. The average molecular weight is 344 g/mol. The van der Waals surface area contributed by atoms with Crippen molar-refractivity contribution in [2.24, 2.45) is 0 Å². The summed E-state index contributed by atoms with van der Waals surface area (Å²) in [5.74, 6) is -1.76. The molecule has 100 valence electrons. The van der Waals surface area contributed by atoms with Gasteiger partial charge in [0.15, 0.2) is 5.76 Å².